The lowest BCUT2D eigenvalue weighted by atomic mass is 10.3. The fourth-order valence-corrected chi connectivity index (χ4v) is 4.82. The molecule has 1 fully saturated rings. The van der Waals surface area contributed by atoms with E-state index in [-0.39, 0.29) is 12.0 Å². The lowest BCUT2D eigenvalue weighted by molar-refractivity contribution is -0.127. The molecule has 1 unspecified atom stereocenters. The van der Waals surface area contributed by atoms with Crippen LogP contribution in [0.2, 0.25) is 0 Å². The molecule has 0 saturated carbocycles. The van der Waals surface area contributed by atoms with Crippen LogP contribution in [0.15, 0.2) is 40.9 Å². The van der Waals surface area contributed by atoms with Crippen molar-refractivity contribution in [3.63, 3.8) is 0 Å². The largest absolute Gasteiger partial charge is 0.472 e. The predicted octanol–water partition coefficient (Wildman–Crippen LogP) is 3.17. The van der Waals surface area contributed by atoms with Gasteiger partial charge in [-0.25, -0.2) is 9.97 Å². The molecule has 6 nitrogen and oxygen atoms in total. The van der Waals surface area contributed by atoms with Gasteiger partial charge in [-0.1, -0.05) is 23.9 Å². The third-order valence-electron chi connectivity index (χ3n) is 4.13. The van der Waals surface area contributed by atoms with E-state index in [4.69, 9.17) is 4.74 Å². The number of likely N-dealkylation sites (tertiary alicyclic amines) is 1. The van der Waals surface area contributed by atoms with Crippen LogP contribution in [0.5, 0.6) is 5.88 Å². The summed E-state index contributed by atoms with van der Waals surface area (Å²) in [6.07, 6.45) is 2.49. The van der Waals surface area contributed by atoms with E-state index in [0.29, 0.717) is 30.5 Å². The maximum absolute atomic E-state index is 12.5. The first-order valence-corrected chi connectivity index (χ1v) is 10.2. The number of rotatable bonds is 5. The third-order valence-corrected chi connectivity index (χ3v) is 6.29. The second-order valence-electron chi connectivity index (χ2n) is 6.05. The van der Waals surface area contributed by atoms with Crippen LogP contribution in [0.3, 0.4) is 0 Å². The van der Waals surface area contributed by atoms with Gasteiger partial charge in [0.1, 0.15) is 11.9 Å². The highest BCUT2D eigenvalue weighted by Crippen LogP contribution is 2.29. The Morgan fingerprint density at radius 3 is 3.08 bits per heavy atom. The molecule has 1 saturated heterocycles. The molecule has 0 aliphatic carbocycles. The Hall–Kier alpha value is -2.19. The summed E-state index contributed by atoms with van der Waals surface area (Å²) >= 11 is 3.13. The van der Waals surface area contributed by atoms with Crippen molar-refractivity contribution in [2.24, 2.45) is 0 Å². The van der Waals surface area contributed by atoms with E-state index in [9.17, 15) is 4.79 Å². The van der Waals surface area contributed by atoms with Gasteiger partial charge in [-0.2, -0.15) is 4.98 Å². The molecule has 1 amide bonds. The minimum Gasteiger partial charge on any atom is -0.472 e. The van der Waals surface area contributed by atoms with Crippen LogP contribution >= 0.6 is 23.1 Å². The number of hydrogen-bond acceptors (Lipinski definition) is 7. The monoisotopic (exact) mass is 386 g/mol. The van der Waals surface area contributed by atoms with Crippen molar-refractivity contribution >= 4 is 39.2 Å². The summed E-state index contributed by atoms with van der Waals surface area (Å²) in [6.45, 7) is 3.15. The molecule has 1 aliphatic rings. The number of aryl methyl sites for hydroxylation is 1. The molecule has 0 bridgehead atoms. The molecule has 1 aromatic carbocycles. The zero-order valence-corrected chi connectivity index (χ0v) is 15.9. The van der Waals surface area contributed by atoms with Crippen LogP contribution in [0, 0.1) is 6.92 Å². The number of thioether (sulfide) groups is 1. The Morgan fingerprint density at radius 2 is 2.23 bits per heavy atom. The van der Waals surface area contributed by atoms with Gasteiger partial charge >= 0.3 is 0 Å². The average Bonchev–Trinajstić information content (AvgIpc) is 3.26. The number of para-hydroxylation sites is 1. The van der Waals surface area contributed by atoms with E-state index < -0.39 is 0 Å². The minimum atomic E-state index is -0.0132. The maximum atomic E-state index is 12.5. The van der Waals surface area contributed by atoms with Crippen LogP contribution in [-0.2, 0) is 4.79 Å². The summed E-state index contributed by atoms with van der Waals surface area (Å²) in [4.78, 5) is 27.2. The summed E-state index contributed by atoms with van der Waals surface area (Å²) in [7, 11) is 0. The lowest BCUT2D eigenvalue weighted by Crippen LogP contribution is -2.32. The lowest BCUT2D eigenvalue weighted by Gasteiger charge is -2.16. The molecule has 26 heavy (non-hydrogen) atoms. The summed E-state index contributed by atoms with van der Waals surface area (Å²) < 4.78 is 7.96. The molecule has 8 heteroatoms. The van der Waals surface area contributed by atoms with Gasteiger partial charge in [-0.05, 0) is 19.1 Å². The van der Waals surface area contributed by atoms with Gasteiger partial charge < -0.3 is 9.64 Å². The topological polar surface area (TPSA) is 68.2 Å². The molecule has 3 aromatic rings. The number of carbonyl (C=O) groups excluding carboxylic acids is 1. The Morgan fingerprint density at radius 1 is 1.35 bits per heavy atom. The molecular weight excluding hydrogens is 368 g/mol. The number of thiazole rings is 1. The number of nitrogens with zero attached hydrogens (tertiary/aromatic N) is 4. The van der Waals surface area contributed by atoms with Gasteiger partial charge in [-0.3, -0.25) is 4.79 Å². The second kappa shape index (κ2) is 7.59. The number of ether oxygens (including phenoxy) is 1. The SMILES string of the molecule is Cc1nccc(OC2CCN(C(=O)CSc3nc4ccccc4s3)C2)n1. The highest BCUT2D eigenvalue weighted by molar-refractivity contribution is 8.01. The summed E-state index contributed by atoms with van der Waals surface area (Å²) in [5.74, 6) is 1.78. The normalized spacial score (nSPS) is 17.0. The van der Waals surface area contributed by atoms with E-state index in [1.54, 1.807) is 23.6 Å². The Labute approximate surface area is 159 Å². The second-order valence-corrected chi connectivity index (χ2v) is 8.30. The van der Waals surface area contributed by atoms with E-state index in [2.05, 4.69) is 21.0 Å². The number of aromatic nitrogens is 3. The molecule has 4 rings (SSSR count). The summed E-state index contributed by atoms with van der Waals surface area (Å²) in [5.41, 5.74) is 0.988. The van der Waals surface area contributed by atoms with E-state index in [0.717, 1.165) is 21.0 Å². The standard InChI is InChI=1S/C18H18N4O2S2/c1-12-19-8-6-16(20-12)24-13-7-9-22(10-13)17(23)11-25-18-21-14-4-2-3-5-15(14)26-18/h2-6,8,13H,7,9-11H2,1H3. The molecule has 0 spiro atoms. The van der Waals surface area contributed by atoms with Gasteiger partial charge in [0.05, 0.1) is 22.5 Å². The number of benzene rings is 1. The number of fused-ring (bicyclic) bond motifs is 1. The van der Waals surface area contributed by atoms with Crippen molar-refractivity contribution < 1.29 is 9.53 Å². The van der Waals surface area contributed by atoms with Crippen LogP contribution in [0.25, 0.3) is 10.2 Å². The third kappa shape index (κ3) is 3.96. The van der Waals surface area contributed by atoms with Crippen molar-refractivity contribution in [2.45, 2.75) is 23.8 Å². The molecule has 2 aromatic heterocycles. The molecule has 0 radical (unpaired) electrons. The first kappa shape index (κ1) is 17.2. The first-order valence-electron chi connectivity index (χ1n) is 8.40. The summed E-state index contributed by atoms with van der Waals surface area (Å²) in [5, 5.41) is 0. The van der Waals surface area contributed by atoms with Crippen molar-refractivity contribution in [3.05, 3.63) is 42.4 Å². The van der Waals surface area contributed by atoms with Crippen molar-refractivity contribution in [1.29, 1.82) is 0 Å². The number of hydrogen-bond donors (Lipinski definition) is 0. The van der Waals surface area contributed by atoms with Crippen LogP contribution in [0.1, 0.15) is 12.2 Å². The molecule has 3 heterocycles. The van der Waals surface area contributed by atoms with Gasteiger partial charge in [-0.15, -0.1) is 11.3 Å². The van der Waals surface area contributed by atoms with Gasteiger partial charge in [0.25, 0.3) is 0 Å². The zero-order valence-electron chi connectivity index (χ0n) is 14.3. The van der Waals surface area contributed by atoms with Crippen LogP contribution < -0.4 is 4.74 Å². The first-order chi connectivity index (χ1) is 12.7. The predicted molar refractivity (Wildman–Crippen MR) is 103 cm³/mol. The molecule has 0 N–H and O–H groups in total. The fraction of sp³-hybridized carbons (Fsp3) is 0.333. The molecule has 1 aliphatic heterocycles. The Balaban J connectivity index is 1.30. The van der Waals surface area contributed by atoms with Crippen molar-refractivity contribution in [1.82, 2.24) is 19.9 Å². The fourth-order valence-electron chi connectivity index (χ4n) is 2.85. The molecular formula is C18H18N4O2S2. The Kier molecular flexibility index (Phi) is 5.03. The van der Waals surface area contributed by atoms with E-state index in [1.165, 1.54) is 11.8 Å². The van der Waals surface area contributed by atoms with Gasteiger partial charge in [0.2, 0.25) is 11.8 Å². The number of carbonyl (C=O) groups is 1. The van der Waals surface area contributed by atoms with E-state index >= 15 is 0 Å². The quantitative estimate of drug-likeness (QED) is 0.628. The number of amides is 1. The van der Waals surface area contributed by atoms with Crippen LogP contribution in [-0.4, -0.2) is 50.7 Å². The van der Waals surface area contributed by atoms with Gasteiger partial charge in [0, 0.05) is 25.2 Å². The van der Waals surface area contributed by atoms with E-state index in [1.807, 2.05) is 30.0 Å². The van der Waals surface area contributed by atoms with Gasteiger partial charge in [0.15, 0.2) is 4.34 Å². The highest BCUT2D eigenvalue weighted by atomic mass is 32.2. The highest BCUT2D eigenvalue weighted by Gasteiger charge is 2.28. The van der Waals surface area contributed by atoms with Crippen molar-refractivity contribution in [3.8, 4) is 5.88 Å². The zero-order chi connectivity index (χ0) is 17.9. The molecule has 1 atom stereocenters. The Bertz CT molecular complexity index is 897. The average molecular weight is 387 g/mol. The van der Waals surface area contributed by atoms with Crippen molar-refractivity contribution in [2.75, 3.05) is 18.8 Å². The molecule has 134 valence electrons. The minimum absolute atomic E-state index is 0.0132. The maximum Gasteiger partial charge on any atom is 0.233 e. The summed E-state index contributed by atoms with van der Waals surface area (Å²) in [6, 6.07) is 9.78. The van der Waals surface area contributed by atoms with Crippen LogP contribution in [0.4, 0.5) is 0 Å². The smallest absolute Gasteiger partial charge is 0.233 e.